The van der Waals surface area contributed by atoms with Gasteiger partial charge in [-0.1, -0.05) is 17.7 Å². The number of halogens is 5. The molecule has 0 spiro atoms. The van der Waals surface area contributed by atoms with Gasteiger partial charge in [-0.2, -0.15) is 13.2 Å². The molecule has 0 aliphatic heterocycles. The monoisotopic (exact) mass is 351 g/mol. The first-order valence-corrected chi connectivity index (χ1v) is 7.11. The highest BCUT2D eigenvalue weighted by molar-refractivity contribution is 7.97. The minimum absolute atomic E-state index is 0.226. The average molecular weight is 352 g/mol. The maximum Gasteiger partial charge on any atom is 0.408 e. The summed E-state index contributed by atoms with van der Waals surface area (Å²) >= 11 is 6.33. The zero-order chi connectivity index (χ0) is 16.3. The van der Waals surface area contributed by atoms with Crippen LogP contribution in [-0.4, -0.2) is 27.5 Å². The second-order valence-corrected chi connectivity index (χ2v) is 5.97. The first-order chi connectivity index (χ1) is 10.3. The van der Waals surface area contributed by atoms with E-state index in [1.807, 2.05) is 0 Å². The summed E-state index contributed by atoms with van der Waals surface area (Å²) < 4.78 is 54.5. The number of hydrogen-bond acceptors (Lipinski definition) is 4. The fourth-order valence-electron chi connectivity index (χ4n) is 1.84. The van der Waals surface area contributed by atoms with Crippen LogP contribution in [0.15, 0.2) is 41.8 Å². The molecule has 0 saturated carbocycles. The number of alkyl halides is 3. The van der Waals surface area contributed by atoms with Gasteiger partial charge in [0, 0.05) is 12.4 Å². The molecule has 22 heavy (non-hydrogen) atoms. The third-order valence-corrected chi connectivity index (χ3v) is 3.95. The lowest BCUT2D eigenvalue weighted by Crippen LogP contribution is -2.32. The first kappa shape index (κ1) is 17.0. The molecule has 3 nitrogen and oxygen atoms in total. The lowest BCUT2D eigenvalue weighted by Gasteiger charge is -2.29. The predicted octanol–water partition coefficient (Wildman–Crippen LogP) is 4.51. The summed E-state index contributed by atoms with van der Waals surface area (Å²) in [7, 11) is 1.27. The van der Waals surface area contributed by atoms with Gasteiger partial charge in [-0.05, 0) is 36.7 Å². The maximum absolute atomic E-state index is 13.5. The molecule has 118 valence electrons. The van der Waals surface area contributed by atoms with Crippen molar-refractivity contribution in [3.63, 3.8) is 0 Å². The number of aromatic nitrogens is 2. The summed E-state index contributed by atoms with van der Waals surface area (Å²) in [5, 5.41) is -0.226. The van der Waals surface area contributed by atoms with Crippen LogP contribution in [0, 0.1) is 5.82 Å². The van der Waals surface area contributed by atoms with E-state index in [4.69, 9.17) is 11.6 Å². The number of rotatable bonds is 4. The van der Waals surface area contributed by atoms with Crippen LogP contribution >= 0.6 is 23.5 Å². The molecule has 0 amide bonds. The van der Waals surface area contributed by atoms with Crippen molar-refractivity contribution in [3.8, 4) is 0 Å². The van der Waals surface area contributed by atoms with Gasteiger partial charge in [0.15, 0.2) is 0 Å². The van der Waals surface area contributed by atoms with Crippen LogP contribution in [0.1, 0.15) is 11.6 Å². The molecule has 0 radical (unpaired) electrons. The smallest absolute Gasteiger partial charge is 0.244 e. The van der Waals surface area contributed by atoms with Gasteiger partial charge in [-0.15, -0.1) is 0 Å². The Balaban J connectivity index is 2.31. The molecule has 1 aromatic carbocycles. The fraction of sp³-hybridized carbons (Fsp3) is 0.231. The minimum atomic E-state index is -4.59. The Morgan fingerprint density at radius 1 is 1.23 bits per heavy atom. The van der Waals surface area contributed by atoms with Crippen LogP contribution in [0.25, 0.3) is 0 Å². The van der Waals surface area contributed by atoms with Gasteiger partial charge < -0.3 is 0 Å². The fourth-order valence-corrected chi connectivity index (χ4v) is 2.85. The standard InChI is InChI=1S/C13H10ClF4N3S/c1-21(22-9-5-19-7-20-6-9)12(13(16,17)18)8-2-3-10(14)11(15)4-8/h2-7,12H,1H3. The summed E-state index contributed by atoms with van der Waals surface area (Å²) in [6.07, 6.45) is -0.522. The van der Waals surface area contributed by atoms with Crippen LogP contribution in [0.3, 0.4) is 0 Å². The van der Waals surface area contributed by atoms with Gasteiger partial charge in [-0.3, -0.25) is 0 Å². The largest absolute Gasteiger partial charge is 0.408 e. The highest BCUT2D eigenvalue weighted by Crippen LogP contribution is 2.42. The molecule has 9 heteroatoms. The molecular formula is C13H10ClF4N3S. The Bertz CT molecular complexity index is 639. The summed E-state index contributed by atoms with van der Waals surface area (Å²) in [6.45, 7) is 0. The molecule has 1 unspecified atom stereocenters. The molecule has 1 aromatic heterocycles. The molecule has 1 atom stereocenters. The molecule has 1 heterocycles. The predicted molar refractivity (Wildman–Crippen MR) is 75.9 cm³/mol. The van der Waals surface area contributed by atoms with Crippen molar-refractivity contribution in [2.24, 2.45) is 0 Å². The number of nitrogens with zero attached hydrogens (tertiary/aromatic N) is 3. The molecule has 0 aliphatic carbocycles. The minimum Gasteiger partial charge on any atom is -0.244 e. The van der Waals surface area contributed by atoms with Crippen molar-refractivity contribution in [1.82, 2.24) is 14.3 Å². The van der Waals surface area contributed by atoms with Gasteiger partial charge in [0.25, 0.3) is 0 Å². The Morgan fingerprint density at radius 3 is 2.41 bits per heavy atom. The molecule has 2 aromatic rings. The van der Waals surface area contributed by atoms with Crippen molar-refractivity contribution < 1.29 is 17.6 Å². The van der Waals surface area contributed by atoms with Crippen molar-refractivity contribution in [1.29, 1.82) is 0 Å². The Morgan fingerprint density at radius 2 is 1.86 bits per heavy atom. The maximum atomic E-state index is 13.5. The van der Waals surface area contributed by atoms with Crippen LogP contribution in [0.4, 0.5) is 17.6 Å². The van der Waals surface area contributed by atoms with Crippen LogP contribution in [0.2, 0.25) is 5.02 Å². The van der Waals surface area contributed by atoms with E-state index in [1.165, 1.54) is 25.8 Å². The summed E-state index contributed by atoms with van der Waals surface area (Å²) in [5.41, 5.74) is -0.235. The van der Waals surface area contributed by atoms with Crippen molar-refractivity contribution in [3.05, 3.63) is 53.3 Å². The molecule has 0 saturated heterocycles. The van der Waals surface area contributed by atoms with E-state index in [0.29, 0.717) is 4.90 Å². The second-order valence-electron chi connectivity index (χ2n) is 4.33. The van der Waals surface area contributed by atoms with E-state index in [0.717, 1.165) is 34.5 Å². The lowest BCUT2D eigenvalue weighted by molar-refractivity contribution is -0.169. The third kappa shape index (κ3) is 4.08. The van der Waals surface area contributed by atoms with Crippen molar-refractivity contribution in [2.45, 2.75) is 17.1 Å². The summed E-state index contributed by atoms with van der Waals surface area (Å²) in [5.74, 6) is -0.894. The Labute approximate surface area is 133 Å². The third-order valence-electron chi connectivity index (χ3n) is 2.72. The van der Waals surface area contributed by atoms with E-state index in [1.54, 1.807) is 0 Å². The van der Waals surface area contributed by atoms with E-state index in [9.17, 15) is 17.6 Å². The topological polar surface area (TPSA) is 29.0 Å². The summed E-state index contributed by atoms with van der Waals surface area (Å²) in [4.78, 5) is 7.92. The normalized spacial score (nSPS) is 13.4. The molecule has 0 fully saturated rings. The number of hydrogen-bond donors (Lipinski definition) is 0. The quantitative estimate of drug-likeness (QED) is 0.598. The molecule has 0 aliphatic rings. The second kappa shape index (κ2) is 6.80. The molecule has 2 rings (SSSR count). The highest BCUT2D eigenvalue weighted by Gasteiger charge is 2.44. The zero-order valence-corrected chi connectivity index (χ0v) is 12.8. The molecule has 0 bridgehead atoms. The van der Waals surface area contributed by atoms with Gasteiger partial charge in [0.05, 0.1) is 9.92 Å². The van der Waals surface area contributed by atoms with Crippen LogP contribution < -0.4 is 0 Å². The van der Waals surface area contributed by atoms with Gasteiger partial charge >= 0.3 is 6.18 Å². The molecular weight excluding hydrogens is 342 g/mol. The number of benzene rings is 1. The Hall–Kier alpha value is -1.38. The SMILES string of the molecule is CN(Sc1cncnc1)C(c1ccc(Cl)c(F)c1)C(F)(F)F. The highest BCUT2D eigenvalue weighted by atomic mass is 35.5. The van der Waals surface area contributed by atoms with Crippen molar-refractivity contribution >= 4 is 23.5 Å². The summed E-state index contributed by atoms with van der Waals surface area (Å²) in [6, 6.07) is 1.06. The van der Waals surface area contributed by atoms with Crippen molar-refractivity contribution in [2.75, 3.05) is 7.05 Å². The van der Waals surface area contributed by atoms with Gasteiger partial charge in [-0.25, -0.2) is 18.7 Å². The van der Waals surface area contributed by atoms with Crippen LogP contribution in [-0.2, 0) is 0 Å². The Kier molecular flexibility index (Phi) is 5.25. The average Bonchev–Trinajstić information content (AvgIpc) is 2.42. The zero-order valence-electron chi connectivity index (χ0n) is 11.2. The van der Waals surface area contributed by atoms with Gasteiger partial charge in [0.1, 0.15) is 18.2 Å². The van der Waals surface area contributed by atoms with E-state index < -0.39 is 18.0 Å². The first-order valence-electron chi connectivity index (χ1n) is 5.96. The van der Waals surface area contributed by atoms with Gasteiger partial charge in [0.2, 0.25) is 0 Å². The van der Waals surface area contributed by atoms with E-state index in [2.05, 4.69) is 9.97 Å². The van der Waals surface area contributed by atoms with E-state index in [-0.39, 0.29) is 10.6 Å². The molecule has 0 N–H and O–H groups in total. The lowest BCUT2D eigenvalue weighted by atomic mass is 10.1. The van der Waals surface area contributed by atoms with E-state index >= 15 is 0 Å². The van der Waals surface area contributed by atoms with Crippen LogP contribution in [0.5, 0.6) is 0 Å².